The second-order valence-electron chi connectivity index (χ2n) is 6.71. The first-order valence-electron chi connectivity index (χ1n) is 9.22. The van der Waals surface area contributed by atoms with Gasteiger partial charge >= 0.3 is 6.18 Å². The summed E-state index contributed by atoms with van der Waals surface area (Å²) in [7, 11) is 0. The molecule has 10 heteroatoms. The fourth-order valence-electron chi connectivity index (χ4n) is 2.98. The summed E-state index contributed by atoms with van der Waals surface area (Å²) in [6, 6.07) is 5.94. The Morgan fingerprint density at radius 1 is 1.06 bits per heavy atom. The zero-order valence-corrected chi connectivity index (χ0v) is 15.9. The van der Waals surface area contributed by atoms with Crippen LogP contribution in [0.25, 0.3) is 6.08 Å². The van der Waals surface area contributed by atoms with E-state index in [9.17, 15) is 31.5 Å². The number of carbonyl (C=O) groups excluding carboxylic acids is 2. The summed E-state index contributed by atoms with van der Waals surface area (Å²) in [6.07, 6.45) is -2.87. The lowest BCUT2D eigenvalue weighted by Crippen LogP contribution is -2.27. The minimum Gasteiger partial charge on any atom is -0.368 e. The number of hydrogen-bond acceptors (Lipinski definition) is 3. The van der Waals surface area contributed by atoms with Crippen LogP contribution in [0.5, 0.6) is 0 Å². The zero-order chi connectivity index (χ0) is 22.6. The maximum absolute atomic E-state index is 13.6. The van der Waals surface area contributed by atoms with Gasteiger partial charge < -0.3 is 15.4 Å². The van der Waals surface area contributed by atoms with Crippen LogP contribution in [0.4, 0.5) is 33.3 Å². The van der Waals surface area contributed by atoms with E-state index in [2.05, 4.69) is 5.32 Å². The van der Waals surface area contributed by atoms with E-state index in [1.807, 2.05) is 5.32 Å². The SMILES string of the molecule is O=C(C=Cc1c(F)cccc1F)Nc1ccc(NC(=O)C2CCCO2)cc1C(F)(F)F. The maximum Gasteiger partial charge on any atom is 0.418 e. The molecule has 0 radical (unpaired) electrons. The highest BCUT2D eigenvalue weighted by Crippen LogP contribution is 2.36. The Morgan fingerprint density at radius 2 is 1.77 bits per heavy atom. The number of halogens is 5. The van der Waals surface area contributed by atoms with Gasteiger partial charge in [-0.2, -0.15) is 13.2 Å². The monoisotopic (exact) mass is 440 g/mol. The molecule has 2 N–H and O–H groups in total. The average molecular weight is 440 g/mol. The van der Waals surface area contributed by atoms with Crippen LogP contribution in [0.15, 0.2) is 42.5 Å². The van der Waals surface area contributed by atoms with Crippen LogP contribution in [0.2, 0.25) is 0 Å². The standard InChI is InChI=1S/C21H17F5N2O3/c22-15-3-1-4-16(23)13(15)7-9-19(29)28-17-8-6-12(11-14(17)21(24,25)26)27-20(30)18-5-2-10-31-18/h1,3-4,6-9,11,18H,2,5,10H2,(H,27,30)(H,28,29). The fourth-order valence-corrected chi connectivity index (χ4v) is 2.98. The number of rotatable bonds is 5. The highest BCUT2D eigenvalue weighted by atomic mass is 19.4. The number of ether oxygens (including phenoxy) is 1. The number of carbonyl (C=O) groups is 2. The molecule has 1 heterocycles. The molecule has 2 amide bonds. The van der Waals surface area contributed by atoms with Crippen molar-refractivity contribution in [2.24, 2.45) is 0 Å². The third-order valence-electron chi connectivity index (χ3n) is 4.47. The van der Waals surface area contributed by atoms with Crippen molar-refractivity contribution >= 4 is 29.3 Å². The fraction of sp³-hybridized carbons (Fsp3) is 0.238. The summed E-state index contributed by atoms with van der Waals surface area (Å²) < 4.78 is 72.8. The molecule has 5 nitrogen and oxygen atoms in total. The number of amides is 2. The van der Waals surface area contributed by atoms with E-state index in [-0.39, 0.29) is 5.69 Å². The second kappa shape index (κ2) is 9.25. The molecule has 164 valence electrons. The first-order chi connectivity index (χ1) is 14.6. The predicted octanol–water partition coefficient (Wildman–Crippen LogP) is 4.75. The molecule has 2 aromatic carbocycles. The van der Waals surface area contributed by atoms with Gasteiger partial charge in [0, 0.05) is 23.9 Å². The van der Waals surface area contributed by atoms with Gasteiger partial charge in [-0.05, 0) is 49.2 Å². The van der Waals surface area contributed by atoms with Crippen LogP contribution >= 0.6 is 0 Å². The van der Waals surface area contributed by atoms with Crippen LogP contribution in [0, 0.1) is 11.6 Å². The number of anilines is 2. The van der Waals surface area contributed by atoms with Gasteiger partial charge in [0.2, 0.25) is 5.91 Å². The molecule has 1 saturated heterocycles. The molecule has 31 heavy (non-hydrogen) atoms. The predicted molar refractivity (Wildman–Crippen MR) is 103 cm³/mol. The lowest BCUT2D eigenvalue weighted by molar-refractivity contribution is -0.137. The molecule has 0 aromatic heterocycles. The molecule has 1 aliphatic heterocycles. The van der Waals surface area contributed by atoms with E-state index < -0.39 is 52.5 Å². The van der Waals surface area contributed by atoms with Gasteiger partial charge in [0.1, 0.15) is 17.7 Å². The van der Waals surface area contributed by atoms with Crippen LogP contribution in [-0.4, -0.2) is 24.5 Å². The van der Waals surface area contributed by atoms with Crippen molar-refractivity contribution in [3.63, 3.8) is 0 Å². The highest BCUT2D eigenvalue weighted by molar-refractivity contribution is 6.03. The van der Waals surface area contributed by atoms with Crippen molar-refractivity contribution in [3.05, 3.63) is 65.2 Å². The lowest BCUT2D eigenvalue weighted by atomic mass is 10.1. The van der Waals surface area contributed by atoms with Gasteiger partial charge in [-0.3, -0.25) is 9.59 Å². The van der Waals surface area contributed by atoms with E-state index in [1.165, 1.54) is 6.07 Å². The Kier molecular flexibility index (Phi) is 6.69. The normalized spacial score (nSPS) is 16.5. The molecule has 1 fully saturated rings. The van der Waals surface area contributed by atoms with Crippen molar-refractivity contribution in [1.82, 2.24) is 0 Å². The summed E-state index contributed by atoms with van der Waals surface area (Å²) in [5, 5.41) is 4.40. The van der Waals surface area contributed by atoms with Crippen LogP contribution < -0.4 is 10.6 Å². The van der Waals surface area contributed by atoms with Crippen molar-refractivity contribution in [3.8, 4) is 0 Å². The molecule has 0 saturated carbocycles. The molecule has 0 aliphatic carbocycles. The number of nitrogens with one attached hydrogen (secondary N) is 2. The Labute approximate surface area is 173 Å². The van der Waals surface area contributed by atoms with E-state index in [1.54, 1.807) is 0 Å². The number of alkyl halides is 3. The first kappa shape index (κ1) is 22.4. The summed E-state index contributed by atoms with van der Waals surface area (Å²) in [4.78, 5) is 24.1. The zero-order valence-electron chi connectivity index (χ0n) is 15.9. The van der Waals surface area contributed by atoms with Gasteiger partial charge in [-0.1, -0.05) is 6.07 Å². The van der Waals surface area contributed by atoms with Crippen LogP contribution in [-0.2, 0) is 20.5 Å². The van der Waals surface area contributed by atoms with Crippen molar-refractivity contribution in [1.29, 1.82) is 0 Å². The van der Waals surface area contributed by atoms with Gasteiger partial charge in [0.05, 0.1) is 11.3 Å². The van der Waals surface area contributed by atoms with Crippen molar-refractivity contribution in [2.75, 3.05) is 17.2 Å². The number of hydrogen-bond donors (Lipinski definition) is 2. The highest BCUT2D eigenvalue weighted by Gasteiger charge is 2.34. The third-order valence-corrected chi connectivity index (χ3v) is 4.47. The van der Waals surface area contributed by atoms with Crippen LogP contribution in [0.3, 0.4) is 0 Å². The average Bonchev–Trinajstić information content (AvgIpc) is 3.23. The molecule has 1 unspecified atom stereocenters. The van der Waals surface area contributed by atoms with E-state index in [4.69, 9.17) is 4.74 Å². The summed E-state index contributed by atoms with van der Waals surface area (Å²) in [6.45, 7) is 0.404. The van der Waals surface area contributed by atoms with E-state index >= 15 is 0 Å². The molecule has 0 spiro atoms. The Hall–Kier alpha value is -3.27. The van der Waals surface area contributed by atoms with E-state index in [0.29, 0.717) is 25.5 Å². The topological polar surface area (TPSA) is 67.4 Å². The van der Waals surface area contributed by atoms with E-state index in [0.717, 1.165) is 36.4 Å². The van der Waals surface area contributed by atoms with Crippen molar-refractivity contribution < 1.29 is 36.3 Å². The summed E-state index contributed by atoms with van der Waals surface area (Å²) in [5.41, 5.74) is -2.39. The molecule has 2 aromatic rings. The minimum atomic E-state index is -4.84. The Balaban J connectivity index is 1.77. The second-order valence-corrected chi connectivity index (χ2v) is 6.71. The van der Waals surface area contributed by atoms with Crippen LogP contribution in [0.1, 0.15) is 24.0 Å². The number of benzene rings is 2. The van der Waals surface area contributed by atoms with Crippen molar-refractivity contribution in [2.45, 2.75) is 25.1 Å². The third kappa shape index (κ3) is 5.66. The minimum absolute atomic E-state index is 0.116. The molecule has 1 aliphatic rings. The first-order valence-corrected chi connectivity index (χ1v) is 9.22. The van der Waals surface area contributed by atoms with Gasteiger partial charge in [0.25, 0.3) is 5.91 Å². The largest absolute Gasteiger partial charge is 0.418 e. The lowest BCUT2D eigenvalue weighted by Gasteiger charge is -2.16. The molecule has 3 rings (SSSR count). The molecular weight excluding hydrogens is 423 g/mol. The molecular formula is C21H17F5N2O3. The summed E-state index contributed by atoms with van der Waals surface area (Å²) >= 11 is 0. The van der Waals surface area contributed by atoms with Gasteiger partial charge in [-0.25, -0.2) is 8.78 Å². The van der Waals surface area contributed by atoms with Gasteiger partial charge in [-0.15, -0.1) is 0 Å². The smallest absolute Gasteiger partial charge is 0.368 e. The summed E-state index contributed by atoms with van der Waals surface area (Å²) in [5.74, 6) is -3.43. The molecule has 0 bridgehead atoms. The quantitative estimate of drug-likeness (QED) is 0.521. The Morgan fingerprint density at radius 3 is 2.39 bits per heavy atom. The maximum atomic E-state index is 13.6. The molecule has 1 atom stereocenters. The Bertz CT molecular complexity index is 994. The van der Waals surface area contributed by atoms with Gasteiger partial charge in [0.15, 0.2) is 0 Å².